The lowest BCUT2D eigenvalue weighted by molar-refractivity contribution is -0.00497. The first kappa shape index (κ1) is 14.8. The van der Waals surface area contributed by atoms with Crippen molar-refractivity contribution in [1.29, 1.82) is 0 Å². The zero-order valence-electron chi connectivity index (χ0n) is 11.4. The first-order valence-corrected chi connectivity index (χ1v) is 7.01. The van der Waals surface area contributed by atoms with Crippen molar-refractivity contribution in [2.24, 2.45) is 16.6 Å². The van der Waals surface area contributed by atoms with Crippen LogP contribution in [0.1, 0.15) is 32.3 Å². The molecule has 1 aliphatic carbocycles. The second kappa shape index (κ2) is 5.04. The van der Waals surface area contributed by atoms with Gasteiger partial charge < -0.3 is 10.8 Å². The van der Waals surface area contributed by atoms with Crippen LogP contribution in [0.2, 0.25) is 5.02 Å². The summed E-state index contributed by atoms with van der Waals surface area (Å²) in [4.78, 5) is 0. The van der Waals surface area contributed by atoms with Gasteiger partial charge in [-0.15, -0.1) is 0 Å². The average molecular weight is 286 g/mol. The van der Waals surface area contributed by atoms with E-state index < -0.39 is 11.5 Å². The zero-order valence-corrected chi connectivity index (χ0v) is 12.2. The highest BCUT2D eigenvalue weighted by Crippen LogP contribution is 2.51. The number of benzene rings is 1. The number of aliphatic hydroxyl groups is 1. The predicted octanol–water partition coefficient (Wildman–Crippen LogP) is 3.15. The van der Waals surface area contributed by atoms with Gasteiger partial charge in [0.2, 0.25) is 0 Å². The largest absolute Gasteiger partial charge is 0.392 e. The Morgan fingerprint density at radius 3 is 2.58 bits per heavy atom. The Hall–Kier alpha value is -0.640. The minimum atomic E-state index is -0.541. The number of halogens is 2. The van der Waals surface area contributed by atoms with E-state index in [4.69, 9.17) is 17.3 Å². The van der Waals surface area contributed by atoms with Crippen LogP contribution in [-0.2, 0) is 6.42 Å². The van der Waals surface area contributed by atoms with Gasteiger partial charge in [-0.2, -0.15) is 0 Å². The van der Waals surface area contributed by atoms with E-state index in [2.05, 4.69) is 0 Å². The number of hydrogen-bond donors (Lipinski definition) is 2. The van der Waals surface area contributed by atoms with Gasteiger partial charge in [0.25, 0.3) is 0 Å². The lowest BCUT2D eigenvalue weighted by atomic mass is 9.74. The molecule has 0 amide bonds. The Morgan fingerprint density at radius 1 is 1.42 bits per heavy atom. The predicted molar refractivity (Wildman–Crippen MR) is 75.6 cm³/mol. The van der Waals surface area contributed by atoms with Crippen molar-refractivity contribution in [1.82, 2.24) is 0 Å². The monoisotopic (exact) mass is 285 g/mol. The zero-order chi connectivity index (χ0) is 14.3. The molecule has 4 heteroatoms. The average Bonchev–Trinajstić information content (AvgIpc) is 2.59. The summed E-state index contributed by atoms with van der Waals surface area (Å²) in [6, 6.07) is 4.67. The van der Waals surface area contributed by atoms with Gasteiger partial charge in [-0.1, -0.05) is 31.5 Å². The molecule has 1 saturated carbocycles. The molecule has 2 rings (SSSR count). The molecule has 19 heavy (non-hydrogen) atoms. The topological polar surface area (TPSA) is 46.2 Å². The first-order valence-electron chi connectivity index (χ1n) is 6.63. The van der Waals surface area contributed by atoms with Crippen molar-refractivity contribution in [3.63, 3.8) is 0 Å². The summed E-state index contributed by atoms with van der Waals surface area (Å²) in [7, 11) is 0. The fraction of sp³-hybridized carbons (Fsp3) is 0.600. The smallest absolute Gasteiger partial charge is 0.127 e. The Kier molecular flexibility index (Phi) is 3.92. The molecular weight excluding hydrogens is 265 g/mol. The van der Waals surface area contributed by atoms with Crippen LogP contribution in [0.15, 0.2) is 18.2 Å². The molecule has 2 atom stereocenters. The summed E-state index contributed by atoms with van der Waals surface area (Å²) < 4.78 is 13.9. The molecular formula is C15H21ClFNO. The minimum absolute atomic E-state index is 0.183. The lowest BCUT2D eigenvalue weighted by Gasteiger charge is -2.36. The molecule has 0 spiro atoms. The first-order chi connectivity index (χ1) is 8.82. The van der Waals surface area contributed by atoms with Gasteiger partial charge in [0.1, 0.15) is 5.82 Å². The molecule has 0 heterocycles. The molecule has 1 aromatic rings. The fourth-order valence-corrected chi connectivity index (χ4v) is 3.43. The molecule has 1 aromatic carbocycles. The summed E-state index contributed by atoms with van der Waals surface area (Å²) in [5.41, 5.74) is 5.71. The van der Waals surface area contributed by atoms with E-state index in [1.54, 1.807) is 12.1 Å². The molecule has 1 aliphatic rings. The second-order valence-corrected chi connectivity index (χ2v) is 6.74. The summed E-state index contributed by atoms with van der Waals surface area (Å²) in [6.45, 7) is 4.39. The molecule has 106 valence electrons. The van der Waals surface area contributed by atoms with Crippen LogP contribution in [0.5, 0.6) is 0 Å². The van der Waals surface area contributed by atoms with E-state index in [0.29, 0.717) is 23.6 Å². The van der Waals surface area contributed by atoms with Crippen molar-refractivity contribution in [2.45, 2.75) is 39.2 Å². The van der Waals surface area contributed by atoms with Crippen LogP contribution in [0, 0.1) is 16.6 Å². The van der Waals surface area contributed by atoms with E-state index in [1.807, 2.05) is 13.8 Å². The second-order valence-electron chi connectivity index (χ2n) is 6.33. The van der Waals surface area contributed by atoms with Crippen molar-refractivity contribution < 1.29 is 9.50 Å². The van der Waals surface area contributed by atoms with Crippen LogP contribution in [0.25, 0.3) is 0 Å². The standard InChI is InChI=1S/C15H21ClFNO/c1-14(2)6-7-15(9-18,13(14)19)8-10-11(16)4-3-5-12(10)17/h3-5,13,19H,6-9,18H2,1-2H3. The molecule has 1 fully saturated rings. The molecule has 3 N–H and O–H groups in total. The maximum atomic E-state index is 13.9. The van der Waals surface area contributed by atoms with Gasteiger partial charge in [-0.05, 0) is 36.8 Å². The summed E-state index contributed by atoms with van der Waals surface area (Å²) in [5, 5.41) is 11.0. The third kappa shape index (κ3) is 2.51. The summed E-state index contributed by atoms with van der Waals surface area (Å²) in [5.74, 6) is -0.322. The number of hydrogen-bond acceptors (Lipinski definition) is 2. The van der Waals surface area contributed by atoms with Crippen LogP contribution in [-0.4, -0.2) is 17.8 Å². The van der Waals surface area contributed by atoms with E-state index in [1.165, 1.54) is 6.07 Å². The molecule has 0 radical (unpaired) electrons. The molecule has 0 aliphatic heterocycles. The van der Waals surface area contributed by atoms with Gasteiger partial charge >= 0.3 is 0 Å². The van der Waals surface area contributed by atoms with Crippen molar-refractivity contribution in [3.05, 3.63) is 34.6 Å². The maximum Gasteiger partial charge on any atom is 0.127 e. The Balaban J connectivity index is 2.35. The highest BCUT2D eigenvalue weighted by Gasteiger charge is 2.51. The van der Waals surface area contributed by atoms with E-state index in [-0.39, 0.29) is 11.2 Å². The Morgan fingerprint density at radius 2 is 2.11 bits per heavy atom. The number of aliphatic hydroxyl groups excluding tert-OH is 1. The van der Waals surface area contributed by atoms with Gasteiger partial charge in [-0.3, -0.25) is 0 Å². The van der Waals surface area contributed by atoms with Crippen LogP contribution < -0.4 is 5.73 Å². The fourth-order valence-electron chi connectivity index (χ4n) is 3.20. The quantitative estimate of drug-likeness (QED) is 0.896. The summed E-state index contributed by atoms with van der Waals surface area (Å²) in [6.07, 6.45) is 1.53. The third-order valence-corrected chi connectivity index (χ3v) is 4.94. The molecule has 0 bridgehead atoms. The minimum Gasteiger partial charge on any atom is -0.392 e. The molecule has 2 unspecified atom stereocenters. The van der Waals surface area contributed by atoms with Crippen molar-refractivity contribution in [2.75, 3.05) is 6.54 Å². The van der Waals surface area contributed by atoms with E-state index in [0.717, 1.165) is 12.8 Å². The normalized spacial score (nSPS) is 29.7. The van der Waals surface area contributed by atoms with Gasteiger partial charge in [0.05, 0.1) is 6.10 Å². The van der Waals surface area contributed by atoms with Crippen molar-refractivity contribution >= 4 is 11.6 Å². The molecule has 0 aromatic heterocycles. The lowest BCUT2D eigenvalue weighted by Crippen LogP contribution is -2.44. The van der Waals surface area contributed by atoms with Gasteiger partial charge in [-0.25, -0.2) is 4.39 Å². The van der Waals surface area contributed by atoms with Gasteiger partial charge in [0.15, 0.2) is 0 Å². The molecule has 0 saturated heterocycles. The Labute approximate surface area is 118 Å². The number of rotatable bonds is 3. The van der Waals surface area contributed by atoms with Crippen LogP contribution in [0.3, 0.4) is 0 Å². The van der Waals surface area contributed by atoms with Crippen LogP contribution in [0.4, 0.5) is 4.39 Å². The Bertz CT molecular complexity index is 457. The van der Waals surface area contributed by atoms with E-state index in [9.17, 15) is 9.50 Å². The third-order valence-electron chi connectivity index (χ3n) is 4.58. The summed E-state index contributed by atoms with van der Waals surface area (Å²) >= 11 is 6.08. The van der Waals surface area contributed by atoms with Gasteiger partial charge in [0, 0.05) is 22.5 Å². The van der Waals surface area contributed by atoms with E-state index >= 15 is 0 Å². The van der Waals surface area contributed by atoms with Crippen LogP contribution >= 0.6 is 11.6 Å². The number of nitrogens with two attached hydrogens (primary N) is 1. The highest BCUT2D eigenvalue weighted by molar-refractivity contribution is 6.31. The molecule has 2 nitrogen and oxygen atoms in total. The maximum absolute atomic E-state index is 13.9. The highest BCUT2D eigenvalue weighted by atomic mass is 35.5. The van der Waals surface area contributed by atoms with Crippen molar-refractivity contribution in [3.8, 4) is 0 Å². The SMILES string of the molecule is CC1(C)CCC(CN)(Cc2c(F)cccc2Cl)C1O.